The Kier molecular flexibility index (Phi) is 3.85. The Balaban J connectivity index is 1.85. The maximum absolute atomic E-state index is 12.7. The van der Waals surface area contributed by atoms with Gasteiger partial charge >= 0.3 is 0 Å². The van der Waals surface area contributed by atoms with Crippen LogP contribution in [0.25, 0.3) is 11.1 Å². The summed E-state index contributed by atoms with van der Waals surface area (Å²) in [5.74, 6) is 0.173. The van der Waals surface area contributed by atoms with Gasteiger partial charge in [0, 0.05) is 31.7 Å². The van der Waals surface area contributed by atoms with Crippen LogP contribution in [0.2, 0.25) is 0 Å². The van der Waals surface area contributed by atoms with Gasteiger partial charge in [-0.15, -0.1) is 11.3 Å². The van der Waals surface area contributed by atoms with Crippen LogP contribution in [0.3, 0.4) is 0 Å². The molecular weight excluding hydrogens is 268 g/mol. The van der Waals surface area contributed by atoms with E-state index >= 15 is 0 Å². The van der Waals surface area contributed by atoms with Crippen molar-refractivity contribution < 1.29 is 4.79 Å². The van der Waals surface area contributed by atoms with Crippen molar-refractivity contribution in [1.82, 2.24) is 9.80 Å². The fourth-order valence-electron chi connectivity index (χ4n) is 2.47. The van der Waals surface area contributed by atoms with E-state index in [1.807, 2.05) is 34.5 Å². The number of benzene rings is 1. The summed E-state index contributed by atoms with van der Waals surface area (Å²) >= 11 is 1.54. The van der Waals surface area contributed by atoms with E-state index in [0.717, 1.165) is 42.2 Å². The van der Waals surface area contributed by atoms with Crippen molar-refractivity contribution in [2.75, 3.05) is 33.2 Å². The first-order chi connectivity index (χ1) is 9.75. The molecule has 2 aromatic rings. The molecule has 3 rings (SSSR count). The second kappa shape index (κ2) is 5.77. The minimum Gasteiger partial charge on any atom is -0.335 e. The third kappa shape index (κ3) is 2.62. The average molecular weight is 286 g/mol. The zero-order chi connectivity index (χ0) is 13.9. The van der Waals surface area contributed by atoms with E-state index in [-0.39, 0.29) is 5.91 Å². The third-order valence-electron chi connectivity index (χ3n) is 3.73. The van der Waals surface area contributed by atoms with E-state index in [0.29, 0.717) is 0 Å². The van der Waals surface area contributed by atoms with Crippen molar-refractivity contribution in [2.24, 2.45) is 0 Å². The zero-order valence-corrected chi connectivity index (χ0v) is 12.4. The molecule has 0 bridgehead atoms. The third-order valence-corrected chi connectivity index (χ3v) is 4.64. The number of likely N-dealkylation sites (N-methyl/N-ethyl adjacent to an activating group) is 1. The van der Waals surface area contributed by atoms with Crippen molar-refractivity contribution in [3.8, 4) is 11.1 Å². The van der Waals surface area contributed by atoms with Crippen LogP contribution in [-0.4, -0.2) is 48.9 Å². The second-order valence-corrected chi connectivity index (χ2v) is 6.04. The highest BCUT2D eigenvalue weighted by molar-refractivity contribution is 7.12. The Labute approximate surface area is 123 Å². The number of carbonyl (C=O) groups excluding carboxylic acids is 1. The Morgan fingerprint density at radius 2 is 1.75 bits per heavy atom. The van der Waals surface area contributed by atoms with Gasteiger partial charge in [-0.2, -0.15) is 0 Å². The molecule has 1 saturated heterocycles. The highest BCUT2D eigenvalue weighted by Crippen LogP contribution is 2.29. The van der Waals surface area contributed by atoms with Crippen molar-refractivity contribution in [2.45, 2.75) is 0 Å². The first-order valence-electron chi connectivity index (χ1n) is 6.86. The van der Waals surface area contributed by atoms with E-state index in [4.69, 9.17) is 0 Å². The summed E-state index contributed by atoms with van der Waals surface area (Å²) in [7, 11) is 2.10. The van der Waals surface area contributed by atoms with Crippen LogP contribution in [0, 0.1) is 0 Å². The molecule has 0 unspecified atom stereocenters. The van der Waals surface area contributed by atoms with Gasteiger partial charge in [-0.25, -0.2) is 0 Å². The molecule has 0 atom stereocenters. The van der Waals surface area contributed by atoms with Gasteiger partial charge in [0.1, 0.15) is 0 Å². The number of rotatable bonds is 2. The maximum Gasteiger partial charge on any atom is 0.264 e. The quantitative estimate of drug-likeness (QED) is 0.847. The van der Waals surface area contributed by atoms with Crippen LogP contribution in [0.1, 0.15) is 9.67 Å². The van der Waals surface area contributed by atoms with Gasteiger partial charge in [-0.05, 0) is 24.1 Å². The van der Waals surface area contributed by atoms with Gasteiger partial charge < -0.3 is 9.80 Å². The van der Waals surface area contributed by atoms with Gasteiger partial charge in [0.2, 0.25) is 0 Å². The number of hydrogen-bond acceptors (Lipinski definition) is 3. The van der Waals surface area contributed by atoms with Crippen molar-refractivity contribution in [1.29, 1.82) is 0 Å². The highest BCUT2D eigenvalue weighted by atomic mass is 32.1. The molecule has 0 saturated carbocycles. The van der Waals surface area contributed by atoms with Crippen LogP contribution in [0.15, 0.2) is 41.8 Å². The van der Waals surface area contributed by atoms with Gasteiger partial charge in [0.15, 0.2) is 0 Å². The number of carbonyl (C=O) groups is 1. The second-order valence-electron chi connectivity index (χ2n) is 5.12. The molecule has 104 valence electrons. The molecule has 20 heavy (non-hydrogen) atoms. The smallest absolute Gasteiger partial charge is 0.264 e. The van der Waals surface area contributed by atoms with Gasteiger partial charge in [0.05, 0.1) is 4.88 Å². The predicted octanol–water partition coefficient (Wildman–Crippen LogP) is 2.80. The summed E-state index contributed by atoms with van der Waals surface area (Å²) in [5.41, 5.74) is 2.17. The SMILES string of the molecule is CN1CCN(C(=O)c2sccc2-c2ccccc2)CC1. The maximum atomic E-state index is 12.7. The van der Waals surface area contributed by atoms with Crippen LogP contribution in [0.4, 0.5) is 0 Å². The molecule has 2 heterocycles. The molecule has 0 aliphatic carbocycles. The number of amides is 1. The van der Waals surface area contributed by atoms with Gasteiger partial charge in [0.25, 0.3) is 5.91 Å². The Morgan fingerprint density at radius 3 is 2.45 bits per heavy atom. The minimum atomic E-state index is 0.173. The Hall–Kier alpha value is -1.65. The molecule has 0 N–H and O–H groups in total. The molecule has 1 aliphatic heterocycles. The Bertz CT molecular complexity index is 586. The molecule has 3 nitrogen and oxygen atoms in total. The Morgan fingerprint density at radius 1 is 1.05 bits per heavy atom. The molecule has 0 radical (unpaired) electrons. The molecule has 1 amide bonds. The zero-order valence-electron chi connectivity index (χ0n) is 11.6. The van der Waals surface area contributed by atoms with Gasteiger partial charge in [-0.3, -0.25) is 4.79 Å². The molecule has 1 aromatic carbocycles. The van der Waals surface area contributed by atoms with E-state index in [1.165, 1.54) is 0 Å². The normalized spacial score (nSPS) is 16.4. The molecule has 0 spiro atoms. The fourth-order valence-corrected chi connectivity index (χ4v) is 3.36. The molecule has 1 aromatic heterocycles. The van der Waals surface area contributed by atoms with Gasteiger partial charge in [-0.1, -0.05) is 30.3 Å². The highest BCUT2D eigenvalue weighted by Gasteiger charge is 2.23. The first kappa shape index (κ1) is 13.3. The monoisotopic (exact) mass is 286 g/mol. The summed E-state index contributed by atoms with van der Waals surface area (Å²) in [6, 6.07) is 12.2. The fraction of sp³-hybridized carbons (Fsp3) is 0.312. The van der Waals surface area contributed by atoms with Crippen molar-refractivity contribution in [3.05, 3.63) is 46.7 Å². The van der Waals surface area contributed by atoms with Crippen molar-refractivity contribution >= 4 is 17.2 Å². The molecule has 1 aliphatic rings. The largest absolute Gasteiger partial charge is 0.335 e. The lowest BCUT2D eigenvalue weighted by molar-refractivity contribution is 0.0669. The van der Waals surface area contributed by atoms with Crippen molar-refractivity contribution in [3.63, 3.8) is 0 Å². The average Bonchev–Trinajstić information content (AvgIpc) is 2.97. The minimum absolute atomic E-state index is 0.173. The lowest BCUT2D eigenvalue weighted by Crippen LogP contribution is -2.47. The van der Waals surface area contributed by atoms with Crippen LogP contribution in [-0.2, 0) is 0 Å². The van der Waals surface area contributed by atoms with Crippen LogP contribution >= 0.6 is 11.3 Å². The lowest BCUT2D eigenvalue weighted by atomic mass is 10.1. The summed E-state index contributed by atoms with van der Waals surface area (Å²) in [5, 5.41) is 2.01. The van der Waals surface area contributed by atoms with E-state index in [2.05, 4.69) is 24.1 Å². The lowest BCUT2D eigenvalue weighted by Gasteiger charge is -2.32. The van der Waals surface area contributed by atoms with E-state index < -0.39 is 0 Å². The molecular formula is C16H18N2OS. The number of piperazine rings is 1. The number of thiophene rings is 1. The molecule has 1 fully saturated rings. The first-order valence-corrected chi connectivity index (χ1v) is 7.74. The van der Waals surface area contributed by atoms with E-state index in [9.17, 15) is 4.79 Å². The summed E-state index contributed by atoms with van der Waals surface area (Å²) in [4.78, 5) is 17.8. The summed E-state index contributed by atoms with van der Waals surface area (Å²) < 4.78 is 0. The van der Waals surface area contributed by atoms with Crippen LogP contribution < -0.4 is 0 Å². The molecule has 4 heteroatoms. The standard InChI is InChI=1S/C16H18N2OS/c1-17-8-10-18(11-9-17)16(19)15-14(7-12-20-15)13-5-3-2-4-6-13/h2-7,12H,8-11H2,1H3. The predicted molar refractivity (Wildman–Crippen MR) is 83.2 cm³/mol. The summed E-state index contributed by atoms with van der Waals surface area (Å²) in [6.07, 6.45) is 0. The number of nitrogens with zero attached hydrogens (tertiary/aromatic N) is 2. The summed E-state index contributed by atoms with van der Waals surface area (Å²) in [6.45, 7) is 3.55. The number of hydrogen-bond donors (Lipinski definition) is 0. The van der Waals surface area contributed by atoms with E-state index in [1.54, 1.807) is 11.3 Å². The topological polar surface area (TPSA) is 23.6 Å². The van der Waals surface area contributed by atoms with Crippen LogP contribution in [0.5, 0.6) is 0 Å².